The van der Waals surface area contributed by atoms with Gasteiger partial charge in [0.1, 0.15) is 11.5 Å². The molecule has 4 rings (SSSR count). The van der Waals surface area contributed by atoms with E-state index >= 15 is 0 Å². The van der Waals surface area contributed by atoms with Crippen molar-refractivity contribution < 1.29 is 4.74 Å². The molecular weight excluding hydrogens is 320 g/mol. The van der Waals surface area contributed by atoms with E-state index in [2.05, 4.69) is 64.8 Å². The minimum Gasteiger partial charge on any atom is -0.457 e. The maximum absolute atomic E-state index is 5.91. The van der Waals surface area contributed by atoms with Crippen LogP contribution in [0.1, 0.15) is 5.56 Å². The van der Waals surface area contributed by atoms with Gasteiger partial charge in [0, 0.05) is 25.3 Å². The lowest BCUT2D eigenvalue weighted by Crippen LogP contribution is -2.57. The van der Waals surface area contributed by atoms with Gasteiger partial charge in [0.25, 0.3) is 0 Å². The Kier molecular flexibility index (Phi) is 5.17. The molecule has 0 unspecified atom stereocenters. The van der Waals surface area contributed by atoms with Crippen molar-refractivity contribution in [3.63, 3.8) is 0 Å². The molecule has 0 bridgehead atoms. The van der Waals surface area contributed by atoms with Gasteiger partial charge in [-0.3, -0.25) is 0 Å². The number of nitrogens with zero attached hydrogens (tertiary/aromatic N) is 1. The van der Waals surface area contributed by atoms with Crippen molar-refractivity contribution in [3.8, 4) is 11.5 Å². The zero-order valence-corrected chi connectivity index (χ0v) is 14.8. The Hall–Kier alpha value is -2.78. The average molecular weight is 344 g/mol. The van der Waals surface area contributed by atoms with E-state index in [9.17, 15) is 0 Å². The largest absolute Gasteiger partial charge is 0.457 e. The van der Waals surface area contributed by atoms with Gasteiger partial charge in [0.05, 0.1) is 6.04 Å². The number of ether oxygens (including phenoxy) is 1. The van der Waals surface area contributed by atoms with E-state index in [1.54, 1.807) is 0 Å². The summed E-state index contributed by atoms with van der Waals surface area (Å²) < 4.78 is 5.91. The summed E-state index contributed by atoms with van der Waals surface area (Å²) in [6, 6.07) is 29.6. The van der Waals surface area contributed by atoms with Crippen LogP contribution in [0.25, 0.3) is 0 Å². The SMILES string of the molecule is c1ccc(CCN(c2ccc(Oc3ccccc3)cc2)C2CNC2)cc1. The Morgan fingerprint density at radius 2 is 1.38 bits per heavy atom. The standard InChI is InChI=1S/C23H24N2O/c1-3-7-19(8-4-1)15-16-25(21-17-24-18-21)20-11-13-23(14-12-20)26-22-9-5-2-6-10-22/h1-14,21,24H,15-18H2. The first-order chi connectivity index (χ1) is 12.9. The van der Waals surface area contributed by atoms with Crippen LogP contribution in [0.3, 0.4) is 0 Å². The summed E-state index contributed by atoms with van der Waals surface area (Å²) in [6.45, 7) is 3.13. The summed E-state index contributed by atoms with van der Waals surface area (Å²) in [5.74, 6) is 1.74. The first-order valence-electron chi connectivity index (χ1n) is 9.23. The fourth-order valence-electron chi connectivity index (χ4n) is 3.24. The fraction of sp³-hybridized carbons (Fsp3) is 0.217. The first-order valence-corrected chi connectivity index (χ1v) is 9.23. The molecule has 0 aromatic heterocycles. The van der Waals surface area contributed by atoms with E-state index < -0.39 is 0 Å². The molecule has 0 amide bonds. The van der Waals surface area contributed by atoms with Gasteiger partial charge in [-0.25, -0.2) is 0 Å². The van der Waals surface area contributed by atoms with E-state index in [1.165, 1.54) is 11.3 Å². The van der Waals surface area contributed by atoms with Crippen molar-refractivity contribution >= 4 is 5.69 Å². The maximum atomic E-state index is 5.91. The summed E-state index contributed by atoms with van der Waals surface area (Å²) in [5.41, 5.74) is 2.64. The van der Waals surface area contributed by atoms with Crippen LogP contribution < -0.4 is 15.0 Å². The van der Waals surface area contributed by atoms with Gasteiger partial charge in [-0.2, -0.15) is 0 Å². The average Bonchev–Trinajstić information content (AvgIpc) is 2.66. The molecule has 3 aromatic carbocycles. The maximum Gasteiger partial charge on any atom is 0.127 e. The molecule has 3 nitrogen and oxygen atoms in total. The molecule has 0 saturated carbocycles. The Balaban J connectivity index is 1.45. The smallest absolute Gasteiger partial charge is 0.127 e. The number of para-hydroxylation sites is 1. The predicted octanol–water partition coefficient (Wildman–Crippen LogP) is 4.50. The zero-order valence-electron chi connectivity index (χ0n) is 14.8. The Labute approximate surface area is 155 Å². The van der Waals surface area contributed by atoms with Crippen molar-refractivity contribution in [1.82, 2.24) is 5.32 Å². The van der Waals surface area contributed by atoms with Crippen molar-refractivity contribution in [3.05, 3.63) is 90.5 Å². The van der Waals surface area contributed by atoms with E-state index in [4.69, 9.17) is 4.74 Å². The number of benzene rings is 3. The van der Waals surface area contributed by atoms with Crippen LogP contribution in [-0.4, -0.2) is 25.7 Å². The molecule has 0 aliphatic carbocycles. The van der Waals surface area contributed by atoms with Gasteiger partial charge in [-0.1, -0.05) is 48.5 Å². The number of hydrogen-bond donors (Lipinski definition) is 1. The third-order valence-corrected chi connectivity index (χ3v) is 4.83. The third kappa shape index (κ3) is 4.06. The van der Waals surface area contributed by atoms with Gasteiger partial charge in [-0.05, 0) is 48.4 Å². The number of hydrogen-bond acceptors (Lipinski definition) is 3. The van der Waals surface area contributed by atoms with Crippen molar-refractivity contribution in [1.29, 1.82) is 0 Å². The van der Waals surface area contributed by atoms with Crippen molar-refractivity contribution in [2.45, 2.75) is 12.5 Å². The molecule has 1 heterocycles. The second kappa shape index (κ2) is 8.07. The summed E-state index contributed by atoms with van der Waals surface area (Å²) in [5, 5.41) is 3.39. The molecule has 0 spiro atoms. The van der Waals surface area contributed by atoms with E-state index in [-0.39, 0.29) is 0 Å². The lowest BCUT2D eigenvalue weighted by Gasteiger charge is -2.40. The van der Waals surface area contributed by atoms with Gasteiger partial charge < -0.3 is 15.0 Å². The highest BCUT2D eigenvalue weighted by Crippen LogP contribution is 2.26. The van der Waals surface area contributed by atoms with Gasteiger partial charge in [0.15, 0.2) is 0 Å². The lowest BCUT2D eigenvalue weighted by atomic mass is 10.1. The third-order valence-electron chi connectivity index (χ3n) is 4.83. The molecule has 3 aromatic rings. The summed E-state index contributed by atoms with van der Waals surface area (Å²) in [4.78, 5) is 2.51. The topological polar surface area (TPSA) is 24.5 Å². The van der Waals surface area contributed by atoms with Crippen molar-refractivity contribution in [2.75, 3.05) is 24.5 Å². The highest BCUT2D eigenvalue weighted by molar-refractivity contribution is 5.51. The van der Waals surface area contributed by atoms with Crippen LogP contribution in [0.15, 0.2) is 84.9 Å². The molecule has 1 aliphatic rings. The van der Waals surface area contributed by atoms with E-state index in [0.29, 0.717) is 6.04 Å². The molecule has 0 radical (unpaired) electrons. The Bertz CT molecular complexity index is 799. The van der Waals surface area contributed by atoms with Crippen LogP contribution in [0, 0.1) is 0 Å². The van der Waals surface area contributed by atoms with Crippen LogP contribution in [-0.2, 0) is 6.42 Å². The second-order valence-corrected chi connectivity index (χ2v) is 6.65. The lowest BCUT2D eigenvalue weighted by molar-refractivity contribution is 0.413. The van der Waals surface area contributed by atoms with Gasteiger partial charge >= 0.3 is 0 Å². The summed E-state index contributed by atoms with van der Waals surface area (Å²) >= 11 is 0. The molecule has 132 valence electrons. The van der Waals surface area contributed by atoms with E-state index in [1.807, 2.05) is 30.3 Å². The molecule has 0 atom stereocenters. The molecule has 3 heteroatoms. The predicted molar refractivity (Wildman–Crippen MR) is 107 cm³/mol. The molecule has 26 heavy (non-hydrogen) atoms. The Morgan fingerprint density at radius 1 is 0.769 bits per heavy atom. The molecule has 1 N–H and O–H groups in total. The minimum atomic E-state index is 0.569. The minimum absolute atomic E-state index is 0.569. The number of rotatable bonds is 7. The fourth-order valence-corrected chi connectivity index (χ4v) is 3.24. The highest BCUT2D eigenvalue weighted by Gasteiger charge is 2.24. The van der Waals surface area contributed by atoms with Gasteiger partial charge in [0.2, 0.25) is 0 Å². The monoisotopic (exact) mass is 344 g/mol. The zero-order chi connectivity index (χ0) is 17.6. The van der Waals surface area contributed by atoms with Crippen LogP contribution in [0.2, 0.25) is 0 Å². The quantitative estimate of drug-likeness (QED) is 0.683. The molecule has 1 aliphatic heterocycles. The van der Waals surface area contributed by atoms with Crippen LogP contribution >= 0.6 is 0 Å². The second-order valence-electron chi connectivity index (χ2n) is 6.65. The molecule has 1 saturated heterocycles. The molecule has 1 fully saturated rings. The number of anilines is 1. The van der Waals surface area contributed by atoms with Gasteiger partial charge in [-0.15, -0.1) is 0 Å². The number of nitrogens with one attached hydrogen (secondary N) is 1. The van der Waals surface area contributed by atoms with Crippen LogP contribution in [0.4, 0.5) is 5.69 Å². The summed E-state index contributed by atoms with van der Waals surface area (Å²) in [7, 11) is 0. The Morgan fingerprint density at radius 3 is 2.00 bits per heavy atom. The van der Waals surface area contributed by atoms with Crippen LogP contribution in [0.5, 0.6) is 11.5 Å². The first kappa shape index (κ1) is 16.7. The van der Waals surface area contributed by atoms with E-state index in [0.717, 1.165) is 37.6 Å². The summed E-state index contributed by atoms with van der Waals surface area (Å²) in [6.07, 6.45) is 1.06. The molecular formula is C23H24N2O. The van der Waals surface area contributed by atoms with Crippen molar-refractivity contribution in [2.24, 2.45) is 0 Å². The highest BCUT2D eigenvalue weighted by atomic mass is 16.5. The normalized spacial score (nSPS) is 13.8.